The van der Waals surface area contributed by atoms with E-state index in [9.17, 15) is 4.79 Å². The van der Waals surface area contributed by atoms with Gasteiger partial charge in [-0.05, 0) is 29.2 Å². The molecule has 1 aromatic carbocycles. The summed E-state index contributed by atoms with van der Waals surface area (Å²) in [7, 11) is 1.29. The lowest BCUT2D eigenvalue weighted by Gasteiger charge is -2.23. The number of hydrogen-bond donors (Lipinski definition) is 2. The van der Waals surface area contributed by atoms with Crippen LogP contribution in [0.3, 0.4) is 0 Å². The van der Waals surface area contributed by atoms with Crippen molar-refractivity contribution in [2.45, 2.75) is 26.2 Å². The smallest absolute Gasteiger partial charge is 0.412 e. The minimum Gasteiger partial charge on any atom is -0.453 e. The monoisotopic (exact) mass is 300 g/mol. The molecule has 0 bridgehead atoms. The van der Waals surface area contributed by atoms with Gasteiger partial charge in [-0.25, -0.2) is 4.79 Å². The fourth-order valence-corrected chi connectivity index (χ4v) is 2.01. The second kappa shape index (κ2) is 6.43. The van der Waals surface area contributed by atoms with Gasteiger partial charge in [0.05, 0.1) is 7.11 Å². The summed E-state index contributed by atoms with van der Waals surface area (Å²) in [5.41, 5.74) is 2.19. The SMILES string of the molecule is COC(=O)Nc1ccc(Nc2ccccc2C(C)(C)C)nn1. The Bertz CT molecular complexity index is 648. The van der Waals surface area contributed by atoms with Gasteiger partial charge in [0.2, 0.25) is 0 Å². The molecule has 0 saturated carbocycles. The van der Waals surface area contributed by atoms with E-state index in [2.05, 4.69) is 52.4 Å². The standard InChI is InChI=1S/C16H20N4O2/c1-16(2,3)11-7-5-6-8-12(11)17-13-9-10-14(20-19-13)18-15(21)22-4/h5-10H,1-4H3,(H,17,19)(H,18,20,21). The average molecular weight is 300 g/mol. The van der Waals surface area contributed by atoms with Crippen LogP contribution in [0.1, 0.15) is 26.3 Å². The first kappa shape index (κ1) is 15.8. The summed E-state index contributed by atoms with van der Waals surface area (Å²) >= 11 is 0. The third-order valence-corrected chi connectivity index (χ3v) is 3.08. The molecule has 0 aliphatic carbocycles. The van der Waals surface area contributed by atoms with Gasteiger partial charge < -0.3 is 10.1 Å². The van der Waals surface area contributed by atoms with Gasteiger partial charge in [-0.2, -0.15) is 0 Å². The predicted molar refractivity (Wildman–Crippen MR) is 86.5 cm³/mol. The average Bonchev–Trinajstić information content (AvgIpc) is 2.48. The number of rotatable bonds is 3. The van der Waals surface area contributed by atoms with Crippen molar-refractivity contribution < 1.29 is 9.53 Å². The van der Waals surface area contributed by atoms with E-state index in [0.29, 0.717) is 11.6 Å². The van der Waals surface area contributed by atoms with E-state index < -0.39 is 6.09 Å². The number of anilines is 3. The zero-order valence-corrected chi connectivity index (χ0v) is 13.2. The van der Waals surface area contributed by atoms with Crippen molar-refractivity contribution in [3.8, 4) is 0 Å². The van der Waals surface area contributed by atoms with E-state index in [1.165, 1.54) is 12.7 Å². The number of carbonyl (C=O) groups is 1. The molecule has 0 fully saturated rings. The second-order valence-corrected chi connectivity index (χ2v) is 5.84. The number of nitrogens with one attached hydrogen (secondary N) is 2. The van der Waals surface area contributed by atoms with E-state index in [4.69, 9.17) is 0 Å². The quantitative estimate of drug-likeness (QED) is 0.904. The van der Waals surface area contributed by atoms with Crippen LogP contribution in [0, 0.1) is 0 Å². The maximum absolute atomic E-state index is 11.1. The van der Waals surface area contributed by atoms with Gasteiger partial charge in [-0.3, -0.25) is 5.32 Å². The molecule has 6 heteroatoms. The molecule has 0 aliphatic rings. The maximum Gasteiger partial charge on any atom is 0.412 e. The molecule has 1 heterocycles. The Kier molecular flexibility index (Phi) is 4.60. The largest absolute Gasteiger partial charge is 0.453 e. The van der Waals surface area contributed by atoms with Crippen molar-refractivity contribution in [1.82, 2.24) is 10.2 Å². The molecular weight excluding hydrogens is 280 g/mol. The summed E-state index contributed by atoms with van der Waals surface area (Å²) in [5, 5.41) is 13.7. The van der Waals surface area contributed by atoms with Gasteiger partial charge in [0.25, 0.3) is 0 Å². The molecule has 0 aliphatic heterocycles. The van der Waals surface area contributed by atoms with Gasteiger partial charge in [0, 0.05) is 5.69 Å². The molecular formula is C16H20N4O2. The third kappa shape index (κ3) is 3.94. The summed E-state index contributed by atoms with van der Waals surface area (Å²) in [5.74, 6) is 0.939. The molecule has 2 rings (SSSR count). The summed E-state index contributed by atoms with van der Waals surface area (Å²) < 4.78 is 4.50. The molecule has 0 atom stereocenters. The van der Waals surface area contributed by atoms with Crippen LogP contribution in [0.5, 0.6) is 0 Å². The molecule has 1 amide bonds. The number of methoxy groups -OCH3 is 1. The van der Waals surface area contributed by atoms with Crippen molar-refractivity contribution >= 4 is 23.4 Å². The van der Waals surface area contributed by atoms with Gasteiger partial charge in [-0.15, -0.1) is 10.2 Å². The topological polar surface area (TPSA) is 76.1 Å². The Hall–Kier alpha value is -2.63. The molecule has 0 radical (unpaired) electrons. The lowest BCUT2D eigenvalue weighted by Crippen LogP contribution is -2.14. The normalized spacial score (nSPS) is 10.9. The molecule has 0 unspecified atom stereocenters. The fourth-order valence-electron chi connectivity index (χ4n) is 2.01. The first-order chi connectivity index (χ1) is 10.4. The number of aromatic nitrogens is 2. The number of carbonyl (C=O) groups excluding carboxylic acids is 1. The highest BCUT2D eigenvalue weighted by atomic mass is 16.5. The molecule has 2 N–H and O–H groups in total. The minimum atomic E-state index is -0.576. The van der Waals surface area contributed by atoms with Crippen LogP contribution in [0.25, 0.3) is 0 Å². The first-order valence-electron chi connectivity index (χ1n) is 6.95. The van der Waals surface area contributed by atoms with E-state index in [1.54, 1.807) is 12.1 Å². The summed E-state index contributed by atoms with van der Waals surface area (Å²) in [6.45, 7) is 6.47. The molecule has 2 aromatic rings. The summed E-state index contributed by atoms with van der Waals surface area (Å²) in [6, 6.07) is 11.5. The number of nitrogens with zero attached hydrogens (tertiary/aromatic N) is 2. The van der Waals surface area contributed by atoms with Crippen LogP contribution in [0.15, 0.2) is 36.4 Å². The Balaban J connectivity index is 2.17. The predicted octanol–water partition coefficient (Wildman–Crippen LogP) is 3.70. The number of hydrogen-bond acceptors (Lipinski definition) is 5. The summed E-state index contributed by atoms with van der Waals surface area (Å²) in [6.07, 6.45) is -0.576. The fraction of sp³-hybridized carbons (Fsp3) is 0.312. The maximum atomic E-state index is 11.1. The highest BCUT2D eigenvalue weighted by Crippen LogP contribution is 2.30. The van der Waals surface area contributed by atoms with Crippen LogP contribution in [0.2, 0.25) is 0 Å². The molecule has 22 heavy (non-hydrogen) atoms. The number of amides is 1. The highest BCUT2D eigenvalue weighted by molar-refractivity contribution is 5.83. The Morgan fingerprint density at radius 1 is 1.05 bits per heavy atom. The molecule has 0 saturated heterocycles. The van der Waals surface area contributed by atoms with Crippen LogP contribution < -0.4 is 10.6 Å². The molecule has 0 spiro atoms. The van der Waals surface area contributed by atoms with Gasteiger partial charge in [-0.1, -0.05) is 39.0 Å². The minimum absolute atomic E-state index is 0.0173. The summed E-state index contributed by atoms with van der Waals surface area (Å²) in [4.78, 5) is 11.1. The van der Waals surface area contributed by atoms with E-state index >= 15 is 0 Å². The van der Waals surface area contributed by atoms with Gasteiger partial charge in [0.15, 0.2) is 11.6 Å². The zero-order chi connectivity index (χ0) is 16.2. The molecule has 1 aromatic heterocycles. The van der Waals surface area contributed by atoms with Crippen molar-refractivity contribution in [3.63, 3.8) is 0 Å². The van der Waals surface area contributed by atoms with E-state index in [0.717, 1.165) is 5.69 Å². The molecule has 116 valence electrons. The third-order valence-electron chi connectivity index (χ3n) is 3.08. The lowest BCUT2D eigenvalue weighted by atomic mass is 9.86. The van der Waals surface area contributed by atoms with Gasteiger partial charge >= 0.3 is 6.09 Å². The van der Waals surface area contributed by atoms with Crippen LogP contribution >= 0.6 is 0 Å². The molecule has 6 nitrogen and oxygen atoms in total. The van der Waals surface area contributed by atoms with Crippen LogP contribution in [-0.4, -0.2) is 23.4 Å². The lowest BCUT2D eigenvalue weighted by molar-refractivity contribution is 0.187. The number of benzene rings is 1. The van der Waals surface area contributed by atoms with Crippen LogP contribution in [0.4, 0.5) is 22.1 Å². The van der Waals surface area contributed by atoms with E-state index in [-0.39, 0.29) is 5.41 Å². The van der Waals surface area contributed by atoms with Crippen molar-refractivity contribution in [3.05, 3.63) is 42.0 Å². The first-order valence-corrected chi connectivity index (χ1v) is 6.95. The number of para-hydroxylation sites is 1. The van der Waals surface area contributed by atoms with Crippen molar-refractivity contribution in [1.29, 1.82) is 0 Å². The van der Waals surface area contributed by atoms with Crippen molar-refractivity contribution in [2.75, 3.05) is 17.7 Å². The van der Waals surface area contributed by atoms with Crippen molar-refractivity contribution in [2.24, 2.45) is 0 Å². The second-order valence-electron chi connectivity index (χ2n) is 5.84. The number of ether oxygens (including phenoxy) is 1. The Morgan fingerprint density at radius 3 is 2.27 bits per heavy atom. The van der Waals surface area contributed by atoms with Gasteiger partial charge in [0.1, 0.15) is 0 Å². The highest BCUT2D eigenvalue weighted by Gasteiger charge is 2.17. The van der Waals surface area contributed by atoms with E-state index in [1.807, 2.05) is 18.2 Å². The Labute approximate surface area is 129 Å². The Morgan fingerprint density at radius 2 is 1.68 bits per heavy atom. The zero-order valence-electron chi connectivity index (χ0n) is 13.2. The van der Waals surface area contributed by atoms with Crippen LogP contribution in [-0.2, 0) is 10.2 Å².